The summed E-state index contributed by atoms with van der Waals surface area (Å²) in [6.07, 6.45) is 5.68. The van der Waals surface area contributed by atoms with Crippen molar-refractivity contribution in [2.24, 2.45) is 11.8 Å². The number of benzene rings is 1. The van der Waals surface area contributed by atoms with Crippen LogP contribution in [0.1, 0.15) is 58.4 Å². The highest BCUT2D eigenvalue weighted by molar-refractivity contribution is 5.74. The number of hydrogen-bond donors (Lipinski definition) is 2. The van der Waals surface area contributed by atoms with Gasteiger partial charge in [-0.05, 0) is 42.9 Å². The van der Waals surface area contributed by atoms with Crippen molar-refractivity contribution in [3.63, 3.8) is 0 Å². The van der Waals surface area contributed by atoms with Crippen LogP contribution in [0.25, 0.3) is 0 Å². The van der Waals surface area contributed by atoms with E-state index >= 15 is 0 Å². The van der Waals surface area contributed by atoms with E-state index in [-0.39, 0.29) is 6.03 Å². The lowest BCUT2D eigenvalue weighted by atomic mass is 10.0. The second kappa shape index (κ2) is 14.0. The van der Waals surface area contributed by atoms with Gasteiger partial charge < -0.3 is 24.8 Å². The van der Waals surface area contributed by atoms with E-state index in [9.17, 15) is 14.7 Å². The van der Waals surface area contributed by atoms with Gasteiger partial charge in [0.25, 0.3) is 0 Å². The van der Waals surface area contributed by atoms with Crippen molar-refractivity contribution in [1.82, 2.24) is 10.2 Å². The molecular weight excluding hydrogens is 408 g/mol. The van der Waals surface area contributed by atoms with Gasteiger partial charge in [-0.15, -0.1) is 0 Å². The van der Waals surface area contributed by atoms with Crippen molar-refractivity contribution in [3.05, 3.63) is 29.8 Å². The van der Waals surface area contributed by atoms with E-state index in [1.54, 1.807) is 6.92 Å². The molecular formula is C25H40N2O5. The Morgan fingerprint density at radius 1 is 1.16 bits per heavy atom. The number of hydrogen-bond acceptors (Lipinski definition) is 4. The molecule has 2 rings (SSSR count). The van der Waals surface area contributed by atoms with Gasteiger partial charge in [-0.1, -0.05) is 51.7 Å². The molecule has 0 aromatic heterocycles. The number of nitrogens with zero attached hydrogens (tertiary/aromatic N) is 1. The zero-order valence-corrected chi connectivity index (χ0v) is 19.8. The van der Waals surface area contributed by atoms with Gasteiger partial charge in [-0.3, -0.25) is 0 Å². The average Bonchev–Trinajstić information content (AvgIpc) is 3.28. The fourth-order valence-corrected chi connectivity index (χ4v) is 3.98. The molecule has 1 saturated carbocycles. The third kappa shape index (κ3) is 9.47. The number of urea groups is 1. The van der Waals surface area contributed by atoms with Crippen LogP contribution in [0.15, 0.2) is 24.3 Å². The van der Waals surface area contributed by atoms with Crippen molar-refractivity contribution in [3.8, 4) is 5.75 Å². The summed E-state index contributed by atoms with van der Waals surface area (Å²) in [4.78, 5) is 25.8. The van der Waals surface area contributed by atoms with E-state index < -0.39 is 12.1 Å². The first kappa shape index (κ1) is 26.0. The summed E-state index contributed by atoms with van der Waals surface area (Å²) >= 11 is 0. The van der Waals surface area contributed by atoms with E-state index in [1.807, 2.05) is 29.2 Å². The van der Waals surface area contributed by atoms with Crippen LogP contribution < -0.4 is 10.1 Å². The van der Waals surface area contributed by atoms with Gasteiger partial charge in [0.15, 0.2) is 6.10 Å². The van der Waals surface area contributed by atoms with Crippen LogP contribution in [0.4, 0.5) is 4.79 Å². The lowest BCUT2D eigenvalue weighted by Crippen LogP contribution is -2.44. The van der Waals surface area contributed by atoms with Crippen LogP contribution in [0.2, 0.25) is 0 Å². The molecule has 7 heteroatoms. The number of carbonyl (C=O) groups is 2. The maximum atomic E-state index is 12.6. The quantitative estimate of drug-likeness (QED) is 0.442. The first-order valence-electron chi connectivity index (χ1n) is 12.0. The summed E-state index contributed by atoms with van der Waals surface area (Å²) in [5.41, 5.74) is 0.879. The average molecular weight is 449 g/mol. The van der Waals surface area contributed by atoms with E-state index in [0.29, 0.717) is 44.4 Å². The summed E-state index contributed by atoms with van der Waals surface area (Å²) in [6.45, 7) is 8.68. The van der Waals surface area contributed by atoms with Crippen LogP contribution in [0.5, 0.6) is 5.75 Å². The first-order valence-corrected chi connectivity index (χ1v) is 12.0. The fraction of sp³-hybridized carbons (Fsp3) is 0.680. The van der Waals surface area contributed by atoms with Gasteiger partial charge in [-0.2, -0.15) is 0 Å². The maximum absolute atomic E-state index is 12.6. The molecule has 0 saturated heterocycles. The molecule has 32 heavy (non-hydrogen) atoms. The van der Waals surface area contributed by atoms with Crippen LogP contribution in [-0.4, -0.2) is 61.0 Å². The normalized spacial score (nSPS) is 15.0. The number of carbonyl (C=O) groups excluding carboxylic acids is 1. The third-order valence-corrected chi connectivity index (χ3v) is 5.85. The number of rotatable bonds is 14. The number of aliphatic carboxylic acids is 1. The molecule has 0 aliphatic heterocycles. The van der Waals surface area contributed by atoms with E-state index in [0.717, 1.165) is 24.4 Å². The lowest BCUT2D eigenvalue weighted by molar-refractivity contribution is -0.149. The molecule has 0 bridgehead atoms. The van der Waals surface area contributed by atoms with Crippen molar-refractivity contribution in [2.75, 3.05) is 32.8 Å². The molecule has 0 spiro atoms. The Kier molecular flexibility index (Phi) is 11.4. The van der Waals surface area contributed by atoms with Gasteiger partial charge in [0.2, 0.25) is 0 Å². The molecule has 1 unspecified atom stereocenters. The number of ether oxygens (including phenoxy) is 2. The summed E-state index contributed by atoms with van der Waals surface area (Å²) in [6, 6.07) is 7.37. The van der Waals surface area contributed by atoms with E-state index in [1.165, 1.54) is 25.7 Å². The first-order chi connectivity index (χ1) is 15.4. The second-order valence-corrected chi connectivity index (χ2v) is 8.98. The number of amides is 2. The molecule has 0 radical (unpaired) electrons. The fourth-order valence-electron chi connectivity index (χ4n) is 3.98. The van der Waals surface area contributed by atoms with Crippen LogP contribution in [-0.2, 0) is 16.0 Å². The number of nitrogens with one attached hydrogen (secondary N) is 1. The molecule has 1 aromatic carbocycles. The molecule has 1 fully saturated rings. The Morgan fingerprint density at radius 2 is 1.84 bits per heavy atom. The monoisotopic (exact) mass is 448 g/mol. The highest BCUT2D eigenvalue weighted by Crippen LogP contribution is 2.27. The molecule has 1 atom stereocenters. The zero-order chi connectivity index (χ0) is 23.3. The topological polar surface area (TPSA) is 88.1 Å². The Bertz CT molecular complexity index is 686. The maximum Gasteiger partial charge on any atom is 0.333 e. The van der Waals surface area contributed by atoms with Gasteiger partial charge in [0.05, 0.1) is 6.54 Å². The number of carboxylic acid groups (broad SMARTS) is 1. The Labute approximate surface area is 192 Å². The smallest absolute Gasteiger partial charge is 0.333 e. The molecule has 2 N–H and O–H groups in total. The largest absolute Gasteiger partial charge is 0.492 e. The minimum Gasteiger partial charge on any atom is -0.492 e. The van der Waals surface area contributed by atoms with Crippen molar-refractivity contribution in [1.29, 1.82) is 0 Å². The minimum atomic E-state index is -0.958. The van der Waals surface area contributed by atoms with Gasteiger partial charge in [0, 0.05) is 26.1 Å². The molecule has 2 amide bonds. The van der Waals surface area contributed by atoms with E-state index in [4.69, 9.17) is 9.47 Å². The van der Waals surface area contributed by atoms with Crippen LogP contribution in [0.3, 0.4) is 0 Å². The Hall–Kier alpha value is -2.28. The van der Waals surface area contributed by atoms with Crippen molar-refractivity contribution in [2.45, 2.75) is 65.4 Å². The molecule has 7 nitrogen and oxygen atoms in total. The SMILES string of the molecule is CCOC(Cc1ccc(OCCN(CCC2CCCC2)C(=O)NCC(C)C)cc1)C(=O)O. The molecule has 180 valence electrons. The zero-order valence-electron chi connectivity index (χ0n) is 19.8. The molecule has 1 aliphatic carbocycles. The molecule has 1 aliphatic rings. The van der Waals surface area contributed by atoms with Crippen molar-refractivity contribution < 1.29 is 24.2 Å². The van der Waals surface area contributed by atoms with E-state index in [2.05, 4.69) is 19.2 Å². The highest BCUT2D eigenvalue weighted by atomic mass is 16.5. The van der Waals surface area contributed by atoms with Gasteiger partial charge in [-0.25, -0.2) is 9.59 Å². The minimum absolute atomic E-state index is 0.0220. The predicted molar refractivity (Wildman–Crippen MR) is 125 cm³/mol. The lowest BCUT2D eigenvalue weighted by Gasteiger charge is -2.25. The highest BCUT2D eigenvalue weighted by Gasteiger charge is 2.20. The molecule has 1 aromatic rings. The summed E-state index contributed by atoms with van der Waals surface area (Å²) < 4.78 is 11.1. The summed E-state index contributed by atoms with van der Waals surface area (Å²) in [5, 5.41) is 12.3. The second-order valence-electron chi connectivity index (χ2n) is 8.98. The summed E-state index contributed by atoms with van der Waals surface area (Å²) in [7, 11) is 0. The van der Waals surface area contributed by atoms with Crippen molar-refractivity contribution >= 4 is 12.0 Å². The predicted octanol–water partition coefficient (Wildman–Crippen LogP) is 4.35. The number of carboxylic acids is 1. The molecule has 0 heterocycles. The van der Waals surface area contributed by atoms with Gasteiger partial charge >= 0.3 is 12.0 Å². The third-order valence-electron chi connectivity index (χ3n) is 5.85. The van der Waals surface area contributed by atoms with Gasteiger partial charge in [0.1, 0.15) is 12.4 Å². The Morgan fingerprint density at radius 3 is 2.44 bits per heavy atom. The van der Waals surface area contributed by atoms with Crippen LogP contribution in [0, 0.1) is 11.8 Å². The van der Waals surface area contributed by atoms with Crippen LogP contribution >= 0.6 is 0 Å². The standard InChI is InChI=1S/C25H40N2O5/c1-4-31-23(24(28)29)17-21-9-11-22(12-10-21)32-16-15-27(25(30)26-18-19(2)3)14-13-20-7-5-6-8-20/h9-12,19-20,23H,4-8,13-18H2,1-3H3,(H,26,30)(H,28,29). The Balaban J connectivity index is 1.84. The summed E-state index contributed by atoms with van der Waals surface area (Å²) in [5.74, 6) is 0.889.